The van der Waals surface area contributed by atoms with E-state index in [-0.39, 0.29) is 18.5 Å². The number of nitrogens with zero attached hydrogens (tertiary/aromatic N) is 2. The fraction of sp³-hybridized carbons (Fsp3) is 0.579. The molecule has 26 heavy (non-hydrogen) atoms. The summed E-state index contributed by atoms with van der Waals surface area (Å²) in [6, 6.07) is 3.74. The number of benzene rings is 1. The first kappa shape index (κ1) is 20.0. The van der Waals surface area contributed by atoms with Crippen LogP contribution in [0.2, 0.25) is 0 Å². The Morgan fingerprint density at radius 2 is 1.77 bits per heavy atom. The van der Waals surface area contributed by atoms with Gasteiger partial charge in [-0.15, -0.1) is 0 Å². The minimum absolute atomic E-state index is 0.0248. The molecule has 0 spiro atoms. The van der Waals surface area contributed by atoms with Crippen LogP contribution in [0.3, 0.4) is 0 Å². The van der Waals surface area contributed by atoms with Crippen molar-refractivity contribution in [3.05, 3.63) is 23.3 Å². The second-order valence-electron chi connectivity index (χ2n) is 6.50. The molecule has 0 atom stereocenters. The van der Waals surface area contributed by atoms with Gasteiger partial charge in [0.25, 0.3) is 5.91 Å². The van der Waals surface area contributed by atoms with Crippen LogP contribution < -0.4 is 9.47 Å². The molecule has 1 heterocycles. The third-order valence-corrected chi connectivity index (χ3v) is 4.97. The second kappa shape index (κ2) is 8.89. The van der Waals surface area contributed by atoms with E-state index in [1.165, 1.54) is 0 Å². The number of methoxy groups -OCH3 is 2. The van der Waals surface area contributed by atoms with E-state index in [2.05, 4.69) is 0 Å². The lowest BCUT2D eigenvalue weighted by Crippen LogP contribution is -2.48. The van der Waals surface area contributed by atoms with E-state index in [0.29, 0.717) is 36.7 Å². The van der Waals surface area contributed by atoms with Crippen LogP contribution in [0.25, 0.3) is 0 Å². The molecular weight excluding hydrogens is 336 g/mol. The van der Waals surface area contributed by atoms with Crippen LogP contribution in [0.1, 0.15) is 35.7 Å². The molecule has 0 radical (unpaired) electrons. The molecular formula is C19H28N2O5. The fourth-order valence-electron chi connectivity index (χ4n) is 3.49. The summed E-state index contributed by atoms with van der Waals surface area (Å²) in [5.41, 5.74) is 1.45. The van der Waals surface area contributed by atoms with Gasteiger partial charge in [-0.05, 0) is 44.0 Å². The number of aliphatic carboxylic acids is 1. The molecule has 7 heteroatoms. The van der Waals surface area contributed by atoms with Crippen LogP contribution in [-0.4, -0.2) is 73.2 Å². The van der Waals surface area contributed by atoms with Crippen LogP contribution in [0, 0.1) is 6.92 Å². The molecule has 2 rings (SSSR count). The molecule has 1 aromatic rings. The van der Waals surface area contributed by atoms with Crippen LogP contribution in [-0.2, 0) is 4.79 Å². The van der Waals surface area contributed by atoms with Crippen molar-refractivity contribution in [2.45, 2.75) is 32.7 Å². The molecule has 1 aliphatic rings. The van der Waals surface area contributed by atoms with Crippen LogP contribution in [0.15, 0.2) is 12.1 Å². The molecule has 7 nitrogen and oxygen atoms in total. The summed E-state index contributed by atoms with van der Waals surface area (Å²) in [5.74, 6) is 0.303. The maximum atomic E-state index is 12.9. The molecule has 144 valence electrons. The zero-order valence-corrected chi connectivity index (χ0v) is 15.9. The van der Waals surface area contributed by atoms with E-state index in [1.807, 2.05) is 29.7 Å². The van der Waals surface area contributed by atoms with E-state index in [0.717, 1.165) is 18.4 Å². The molecule has 1 amide bonds. The van der Waals surface area contributed by atoms with Gasteiger partial charge in [0.1, 0.15) is 0 Å². The molecule has 0 unspecified atom stereocenters. The van der Waals surface area contributed by atoms with Gasteiger partial charge in [-0.2, -0.15) is 0 Å². The monoisotopic (exact) mass is 364 g/mol. The van der Waals surface area contributed by atoms with Gasteiger partial charge in [0.15, 0.2) is 11.5 Å². The van der Waals surface area contributed by atoms with Crippen molar-refractivity contribution < 1.29 is 24.2 Å². The van der Waals surface area contributed by atoms with Crippen molar-refractivity contribution in [2.24, 2.45) is 0 Å². The maximum Gasteiger partial charge on any atom is 0.317 e. The first-order valence-electron chi connectivity index (χ1n) is 8.89. The highest BCUT2D eigenvalue weighted by molar-refractivity contribution is 5.96. The van der Waals surface area contributed by atoms with Gasteiger partial charge in [0, 0.05) is 24.7 Å². The van der Waals surface area contributed by atoms with E-state index >= 15 is 0 Å². The molecule has 1 N–H and O–H groups in total. The number of hydrogen-bond donors (Lipinski definition) is 1. The minimum atomic E-state index is -0.814. The highest BCUT2D eigenvalue weighted by Gasteiger charge is 2.28. The van der Waals surface area contributed by atoms with E-state index < -0.39 is 5.97 Å². The molecule has 1 aliphatic heterocycles. The fourth-order valence-corrected chi connectivity index (χ4v) is 3.49. The molecule has 0 aromatic heterocycles. The number of carbonyl (C=O) groups is 2. The van der Waals surface area contributed by atoms with Crippen LogP contribution in [0.4, 0.5) is 0 Å². The lowest BCUT2D eigenvalue weighted by atomic mass is 10.0. The van der Waals surface area contributed by atoms with Gasteiger partial charge in [0.05, 0.1) is 20.8 Å². The van der Waals surface area contributed by atoms with E-state index in [1.54, 1.807) is 20.3 Å². The normalized spacial score (nSPS) is 15.2. The average molecular weight is 364 g/mol. The molecule has 0 aliphatic carbocycles. The standard InChI is InChI=1S/C19H28N2O5/c1-5-20(12-18(22)23)14-6-8-21(9-7-14)19(24)15-11-17(26-4)16(25-3)10-13(15)2/h10-11,14H,5-9,12H2,1-4H3,(H,22,23). The van der Waals surface area contributed by atoms with Gasteiger partial charge >= 0.3 is 5.97 Å². The summed E-state index contributed by atoms with van der Waals surface area (Å²) in [7, 11) is 3.12. The molecule has 1 aromatic carbocycles. The largest absolute Gasteiger partial charge is 0.493 e. The number of carbonyl (C=O) groups excluding carboxylic acids is 1. The third-order valence-electron chi connectivity index (χ3n) is 4.97. The van der Waals surface area contributed by atoms with E-state index in [4.69, 9.17) is 14.6 Å². The van der Waals surface area contributed by atoms with Gasteiger partial charge in [-0.1, -0.05) is 6.92 Å². The number of likely N-dealkylation sites (tertiary alicyclic amines) is 1. The predicted molar refractivity (Wildman–Crippen MR) is 98.1 cm³/mol. The number of ether oxygens (including phenoxy) is 2. The highest BCUT2D eigenvalue weighted by Crippen LogP contribution is 2.31. The van der Waals surface area contributed by atoms with Gasteiger partial charge in [-0.25, -0.2) is 0 Å². The Hall–Kier alpha value is -2.28. The van der Waals surface area contributed by atoms with Gasteiger partial charge < -0.3 is 19.5 Å². The Morgan fingerprint density at radius 1 is 1.19 bits per heavy atom. The first-order chi connectivity index (χ1) is 12.4. The molecule has 1 saturated heterocycles. The van der Waals surface area contributed by atoms with Crippen LogP contribution >= 0.6 is 0 Å². The van der Waals surface area contributed by atoms with Crippen molar-refractivity contribution in [3.63, 3.8) is 0 Å². The van der Waals surface area contributed by atoms with Gasteiger partial charge in [0.2, 0.25) is 0 Å². The van der Waals surface area contributed by atoms with Crippen LogP contribution in [0.5, 0.6) is 11.5 Å². The molecule has 0 bridgehead atoms. The number of aryl methyl sites for hydroxylation is 1. The Balaban J connectivity index is 2.07. The Morgan fingerprint density at radius 3 is 2.27 bits per heavy atom. The van der Waals surface area contributed by atoms with E-state index in [9.17, 15) is 9.59 Å². The highest BCUT2D eigenvalue weighted by atomic mass is 16.5. The average Bonchev–Trinajstić information content (AvgIpc) is 2.65. The third kappa shape index (κ3) is 4.46. The topological polar surface area (TPSA) is 79.3 Å². The number of rotatable bonds is 7. The number of piperidine rings is 1. The Kier molecular flexibility index (Phi) is 6.85. The summed E-state index contributed by atoms with van der Waals surface area (Å²) in [4.78, 5) is 27.7. The first-order valence-corrected chi connectivity index (χ1v) is 8.89. The summed E-state index contributed by atoms with van der Waals surface area (Å²) >= 11 is 0. The van der Waals surface area contributed by atoms with Crippen molar-refractivity contribution in [3.8, 4) is 11.5 Å². The number of amides is 1. The summed E-state index contributed by atoms with van der Waals surface area (Å²) in [5, 5.41) is 9.03. The van der Waals surface area contributed by atoms with Gasteiger partial charge in [-0.3, -0.25) is 14.5 Å². The Labute approximate surface area is 154 Å². The minimum Gasteiger partial charge on any atom is -0.493 e. The molecule has 1 fully saturated rings. The zero-order valence-electron chi connectivity index (χ0n) is 15.9. The predicted octanol–water partition coefficient (Wildman–Crippen LogP) is 2.02. The van der Waals surface area contributed by atoms with Crippen molar-refractivity contribution >= 4 is 11.9 Å². The van der Waals surface area contributed by atoms with Crippen molar-refractivity contribution in [2.75, 3.05) is 40.4 Å². The summed E-state index contributed by atoms with van der Waals surface area (Å²) in [6.45, 7) is 5.82. The second-order valence-corrected chi connectivity index (χ2v) is 6.50. The number of carboxylic acids is 1. The maximum absolute atomic E-state index is 12.9. The Bertz CT molecular complexity index is 654. The summed E-state index contributed by atoms with van der Waals surface area (Å²) in [6.07, 6.45) is 1.55. The quantitative estimate of drug-likeness (QED) is 0.797. The number of hydrogen-bond acceptors (Lipinski definition) is 5. The number of carboxylic acid groups (broad SMARTS) is 1. The summed E-state index contributed by atoms with van der Waals surface area (Å²) < 4.78 is 10.6. The SMILES string of the molecule is CCN(CC(=O)O)C1CCN(C(=O)c2cc(OC)c(OC)cc2C)CC1. The van der Waals surface area contributed by atoms with Crippen molar-refractivity contribution in [1.82, 2.24) is 9.80 Å². The molecule has 0 saturated carbocycles. The smallest absolute Gasteiger partial charge is 0.317 e. The van der Waals surface area contributed by atoms with Crippen molar-refractivity contribution in [1.29, 1.82) is 0 Å². The lowest BCUT2D eigenvalue weighted by molar-refractivity contribution is -0.139. The zero-order chi connectivity index (χ0) is 19.3. The number of likely N-dealkylation sites (N-methyl/N-ethyl adjacent to an activating group) is 1. The lowest BCUT2D eigenvalue weighted by Gasteiger charge is -2.37.